The molecule has 2 aromatic rings. The third kappa shape index (κ3) is 6.73. The Morgan fingerprint density at radius 2 is 1.75 bits per heavy atom. The smallest absolute Gasteiger partial charge is 0.408 e. The molecular weight excluding hydrogens is 410 g/mol. The summed E-state index contributed by atoms with van der Waals surface area (Å²) >= 11 is 0. The van der Waals surface area contributed by atoms with E-state index in [1.165, 1.54) is 5.56 Å². The van der Waals surface area contributed by atoms with Gasteiger partial charge in [-0.25, -0.2) is 9.59 Å². The Kier molecular flexibility index (Phi) is 8.08. The number of hydrogen-bond acceptors (Lipinski definition) is 5. The summed E-state index contributed by atoms with van der Waals surface area (Å²) in [5.74, 6) is -1.31. The Hall–Kier alpha value is -3.55. The van der Waals surface area contributed by atoms with Crippen LogP contribution >= 0.6 is 0 Å². The van der Waals surface area contributed by atoms with Gasteiger partial charge in [0.2, 0.25) is 5.91 Å². The van der Waals surface area contributed by atoms with Crippen LogP contribution in [0, 0.1) is 6.92 Å². The molecule has 0 aliphatic carbocycles. The van der Waals surface area contributed by atoms with Gasteiger partial charge in [0, 0.05) is 38.3 Å². The number of aryl methyl sites for hydroxylation is 1. The molecule has 0 unspecified atom stereocenters. The number of rotatable bonds is 8. The van der Waals surface area contributed by atoms with Crippen LogP contribution in [-0.4, -0.2) is 60.2 Å². The van der Waals surface area contributed by atoms with Gasteiger partial charge < -0.3 is 25.0 Å². The number of aliphatic carboxylic acids is 1. The minimum absolute atomic E-state index is 0.00664. The number of carbonyl (C=O) groups is 3. The van der Waals surface area contributed by atoms with Gasteiger partial charge in [0.1, 0.15) is 12.6 Å². The Bertz CT molecular complexity index is 926. The highest BCUT2D eigenvalue weighted by molar-refractivity contribution is 5.82. The fourth-order valence-corrected chi connectivity index (χ4v) is 3.63. The molecule has 1 saturated heterocycles. The van der Waals surface area contributed by atoms with Crippen LogP contribution in [0.5, 0.6) is 0 Å². The molecule has 1 aliphatic rings. The van der Waals surface area contributed by atoms with Gasteiger partial charge in [-0.3, -0.25) is 4.79 Å². The molecule has 32 heavy (non-hydrogen) atoms. The lowest BCUT2D eigenvalue weighted by atomic mass is 10.1. The molecule has 1 heterocycles. The molecule has 0 radical (unpaired) electrons. The van der Waals surface area contributed by atoms with E-state index in [0.717, 1.165) is 24.3 Å². The van der Waals surface area contributed by atoms with Crippen LogP contribution in [0.1, 0.15) is 24.0 Å². The van der Waals surface area contributed by atoms with Crippen molar-refractivity contribution >= 4 is 23.7 Å². The van der Waals surface area contributed by atoms with E-state index in [0.29, 0.717) is 13.1 Å². The Morgan fingerprint density at radius 1 is 1.03 bits per heavy atom. The highest BCUT2D eigenvalue weighted by atomic mass is 16.5. The number of piperazine rings is 1. The van der Waals surface area contributed by atoms with E-state index in [2.05, 4.69) is 22.3 Å². The zero-order chi connectivity index (χ0) is 22.9. The number of carboxylic acids is 1. The van der Waals surface area contributed by atoms with Crippen molar-refractivity contribution in [2.45, 2.75) is 32.4 Å². The molecule has 2 N–H and O–H groups in total. The van der Waals surface area contributed by atoms with Crippen LogP contribution in [0.2, 0.25) is 0 Å². The van der Waals surface area contributed by atoms with Crippen LogP contribution in [0.3, 0.4) is 0 Å². The number of carbonyl (C=O) groups excluding carboxylic acids is 2. The van der Waals surface area contributed by atoms with E-state index in [-0.39, 0.29) is 25.4 Å². The monoisotopic (exact) mass is 439 g/mol. The van der Waals surface area contributed by atoms with Gasteiger partial charge in [-0.15, -0.1) is 0 Å². The van der Waals surface area contributed by atoms with Crippen LogP contribution in [0.25, 0.3) is 0 Å². The molecule has 1 aliphatic heterocycles. The summed E-state index contributed by atoms with van der Waals surface area (Å²) in [5.41, 5.74) is 3.13. The molecule has 0 bridgehead atoms. The lowest BCUT2D eigenvalue weighted by Crippen LogP contribution is -2.49. The zero-order valence-electron chi connectivity index (χ0n) is 18.2. The predicted octanol–water partition coefficient (Wildman–Crippen LogP) is 2.80. The SMILES string of the molecule is Cc1cccc(N2CCN(C(=O)CC[C@H](NC(=O)OCc3ccccc3)C(=O)O)CC2)c1. The summed E-state index contributed by atoms with van der Waals surface area (Å²) in [6.07, 6.45) is -0.770. The number of nitrogens with one attached hydrogen (secondary N) is 1. The summed E-state index contributed by atoms with van der Waals surface area (Å²) in [7, 11) is 0. The van der Waals surface area contributed by atoms with Crippen LogP contribution in [-0.2, 0) is 20.9 Å². The second kappa shape index (κ2) is 11.2. The molecule has 8 heteroatoms. The fourth-order valence-electron chi connectivity index (χ4n) is 3.63. The van der Waals surface area contributed by atoms with E-state index in [1.54, 1.807) is 17.0 Å². The minimum atomic E-state index is -1.20. The highest BCUT2D eigenvalue weighted by Crippen LogP contribution is 2.18. The van der Waals surface area contributed by atoms with Gasteiger partial charge in [-0.1, -0.05) is 42.5 Å². The van der Waals surface area contributed by atoms with Crippen molar-refractivity contribution in [2.24, 2.45) is 0 Å². The molecule has 170 valence electrons. The predicted molar refractivity (Wildman–Crippen MR) is 120 cm³/mol. The molecule has 0 aromatic heterocycles. The van der Waals surface area contributed by atoms with Gasteiger partial charge in [-0.05, 0) is 36.6 Å². The lowest BCUT2D eigenvalue weighted by molar-refractivity contribution is -0.140. The average Bonchev–Trinajstić information content (AvgIpc) is 2.81. The number of carboxylic acid groups (broad SMARTS) is 1. The number of anilines is 1. The Balaban J connectivity index is 1.42. The van der Waals surface area contributed by atoms with Crippen LogP contribution in [0.15, 0.2) is 54.6 Å². The number of amides is 2. The van der Waals surface area contributed by atoms with E-state index < -0.39 is 18.1 Å². The van der Waals surface area contributed by atoms with Gasteiger partial charge in [-0.2, -0.15) is 0 Å². The molecule has 1 atom stereocenters. The van der Waals surface area contributed by atoms with E-state index in [4.69, 9.17) is 4.74 Å². The molecule has 0 saturated carbocycles. The minimum Gasteiger partial charge on any atom is -0.480 e. The first-order chi connectivity index (χ1) is 15.4. The molecule has 2 aromatic carbocycles. The molecule has 0 spiro atoms. The van der Waals surface area contributed by atoms with Crippen molar-refractivity contribution in [3.8, 4) is 0 Å². The van der Waals surface area contributed by atoms with Crippen molar-refractivity contribution in [3.05, 3.63) is 65.7 Å². The van der Waals surface area contributed by atoms with Crippen LogP contribution in [0.4, 0.5) is 10.5 Å². The average molecular weight is 440 g/mol. The topological polar surface area (TPSA) is 99.2 Å². The quantitative estimate of drug-likeness (QED) is 0.656. The second-order valence-corrected chi connectivity index (χ2v) is 7.84. The lowest BCUT2D eigenvalue weighted by Gasteiger charge is -2.36. The first-order valence-corrected chi connectivity index (χ1v) is 10.7. The maximum atomic E-state index is 12.6. The van der Waals surface area contributed by atoms with Gasteiger partial charge in [0.25, 0.3) is 0 Å². The standard InChI is InChI=1S/C24H29N3O5/c1-18-6-5-9-20(16-18)26-12-14-27(15-13-26)22(28)11-10-21(23(29)30)25-24(31)32-17-19-7-3-2-4-8-19/h2-9,16,21H,10-15,17H2,1H3,(H,25,31)(H,29,30)/t21-/m0/s1. The first-order valence-electron chi connectivity index (χ1n) is 10.7. The van der Waals surface area contributed by atoms with Crippen molar-refractivity contribution in [2.75, 3.05) is 31.1 Å². The summed E-state index contributed by atoms with van der Waals surface area (Å²) in [6, 6.07) is 16.2. The van der Waals surface area contributed by atoms with Crippen molar-refractivity contribution in [1.82, 2.24) is 10.2 Å². The third-order valence-electron chi connectivity index (χ3n) is 5.45. The zero-order valence-corrected chi connectivity index (χ0v) is 18.2. The Labute approximate surface area is 187 Å². The summed E-state index contributed by atoms with van der Waals surface area (Å²) in [6.45, 7) is 4.70. The largest absolute Gasteiger partial charge is 0.480 e. The normalized spacial score (nSPS) is 14.5. The number of ether oxygens (including phenoxy) is 1. The van der Waals surface area contributed by atoms with Crippen molar-refractivity contribution in [3.63, 3.8) is 0 Å². The first kappa shape index (κ1) is 23.1. The Morgan fingerprint density at radius 3 is 2.41 bits per heavy atom. The molecule has 2 amide bonds. The van der Waals surface area contributed by atoms with Gasteiger partial charge in [0.15, 0.2) is 0 Å². The second-order valence-electron chi connectivity index (χ2n) is 7.84. The summed E-state index contributed by atoms with van der Waals surface area (Å²) < 4.78 is 5.08. The van der Waals surface area contributed by atoms with Crippen molar-refractivity contribution < 1.29 is 24.2 Å². The third-order valence-corrected chi connectivity index (χ3v) is 5.45. The van der Waals surface area contributed by atoms with Crippen LogP contribution < -0.4 is 10.2 Å². The summed E-state index contributed by atoms with van der Waals surface area (Å²) in [4.78, 5) is 40.1. The number of nitrogens with zero attached hydrogens (tertiary/aromatic N) is 2. The maximum Gasteiger partial charge on any atom is 0.408 e. The number of benzene rings is 2. The van der Waals surface area contributed by atoms with E-state index in [1.807, 2.05) is 37.3 Å². The summed E-state index contributed by atoms with van der Waals surface area (Å²) in [5, 5.41) is 11.8. The molecular formula is C24H29N3O5. The van der Waals surface area contributed by atoms with E-state index in [9.17, 15) is 19.5 Å². The molecule has 8 nitrogen and oxygen atoms in total. The maximum absolute atomic E-state index is 12.6. The van der Waals surface area contributed by atoms with Gasteiger partial charge >= 0.3 is 12.1 Å². The highest BCUT2D eigenvalue weighted by Gasteiger charge is 2.25. The molecule has 1 fully saturated rings. The van der Waals surface area contributed by atoms with Gasteiger partial charge in [0.05, 0.1) is 0 Å². The number of hydrogen-bond donors (Lipinski definition) is 2. The number of alkyl carbamates (subject to hydrolysis) is 1. The molecule has 3 rings (SSSR count). The fraction of sp³-hybridized carbons (Fsp3) is 0.375. The van der Waals surface area contributed by atoms with E-state index >= 15 is 0 Å². The van der Waals surface area contributed by atoms with Crippen molar-refractivity contribution in [1.29, 1.82) is 0 Å².